The largest absolute Gasteiger partial charge is 0.491 e. The fourth-order valence-corrected chi connectivity index (χ4v) is 6.68. The van der Waals surface area contributed by atoms with Crippen LogP contribution in [0, 0.1) is 11.8 Å². The van der Waals surface area contributed by atoms with E-state index in [0.717, 1.165) is 61.5 Å². The average Bonchev–Trinajstić information content (AvgIpc) is 2.96. The van der Waals surface area contributed by atoms with Crippen LogP contribution in [0.1, 0.15) is 60.0 Å². The maximum atomic E-state index is 13.1. The summed E-state index contributed by atoms with van der Waals surface area (Å²) in [5.41, 5.74) is 3.72. The third-order valence-corrected chi connectivity index (χ3v) is 9.33. The molecule has 40 heavy (non-hydrogen) atoms. The molecule has 2 aliphatic rings. The number of fused-ring (bicyclic) bond motifs is 2. The van der Waals surface area contributed by atoms with Crippen molar-refractivity contribution in [1.82, 2.24) is 0 Å². The number of anilines is 1. The molecule has 1 unspecified atom stereocenters. The lowest BCUT2D eigenvalue weighted by Gasteiger charge is -2.43. The van der Waals surface area contributed by atoms with E-state index in [-0.39, 0.29) is 6.10 Å². The van der Waals surface area contributed by atoms with Gasteiger partial charge < -0.3 is 14.4 Å². The summed E-state index contributed by atoms with van der Waals surface area (Å²) in [6, 6.07) is 11.6. The Labute approximate surface area is 245 Å². The minimum atomic E-state index is -1.96. The van der Waals surface area contributed by atoms with Crippen LogP contribution in [0.15, 0.2) is 66.1 Å². The van der Waals surface area contributed by atoms with Gasteiger partial charge in [-0.25, -0.2) is 0 Å². The molecule has 1 aliphatic heterocycles. The van der Waals surface area contributed by atoms with Crippen molar-refractivity contribution in [1.29, 1.82) is 0 Å². The summed E-state index contributed by atoms with van der Waals surface area (Å²) in [4.78, 5) is 15.4. The van der Waals surface area contributed by atoms with Gasteiger partial charge in [0.25, 0.3) is 5.91 Å². The van der Waals surface area contributed by atoms with Gasteiger partial charge >= 0.3 is 0 Å². The van der Waals surface area contributed by atoms with Crippen LogP contribution in [0.2, 0.25) is 5.02 Å². The summed E-state index contributed by atoms with van der Waals surface area (Å²) in [5, 5.41) is 0.737. The second kappa shape index (κ2) is 14.9. The van der Waals surface area contributed by atoms with Crippen molar-refractivity contribution in [3.05, 3.63) is 83.4 Å². The summed E-state index contributed by atoms with van der Waals surface area (Å²) >= 11 is 6.39. The standard InChI is InChI=1S/C32H41ClN2O4S/c1-4-6-9-18-40(37)34-32(36)24-13-16-31-29(20-24)35(22-26-12-15-28(26)30(5-2)38-3)21-25-11-14-27(33)19-23(25)10-7-8-17-39-31/h4-5,11,13-14,16,19-20,26,28,30,40H,1-2,6-10,12,15,17-18,21-22H2,3H3/t26-,28+,30-/m0/s1. The predicted octanol–water partition coefficient (Wildman–Crippen LogP) is 7.06. The number of thiol groups is 1. The minimum Gasteiger partial charge on any atom is -0.491 e. The van der Waals surface area contributed by atoms with Crippen LogP contribution in [-0.4, -0.2) is 42.2 Å². The van der Waals surface area contributed by atoms with Gasteiger partial charge in [-0.05, 0) is 98.2 Å². The highest BCUT2D eigenvalue weighted by molar-refractivity contribution is 7.75. The van der Waals surface area contributed by atoms with Gasteiger partial charge in [0.2, 0.25) is 0 Å². The molecule has 0 bridgehead atoms. The van der Waals surface area contributed by atoms with E-state index in [1.54, 1.807) is 19.3 Å². The third kappa shape index (κ3) is 7.77. The minimum absolute atomic E-state index is 0.00796. The van der Waals surface area contributed by atoms with Crippen LogP contribution in [0.4, 0.5) is 5.69 Å². The highest BCUT2D eigenvalue weighted by atomic mass is 35.5. The smallest absolute Gasteiger partial charge is 0.284 e. The molecule has 4 rings (SSSR count). The molecule has 8 heteroatoms. The maximum absolute atomic E-state index is 13.1. The molecule has 1 amide bonds. The van der Waals surface area contributed by atoms with E-state index >= 15 is 0 Å². The SMILES string of the molecule is C=CCCC/[SH](=O)=N\C(=O)c1ccc2c(c1)N(C[C@@H]1CC[C@H]1[C@H](C=C)OC)Cc1ccc(Cl)cc1CCCCO2. The molecule has 2 aromatic carbocycles. The fraction of sp³-hybridized carbons (Fsp3) is 0.469. The molecule has 4 atom stereocenters. The first kappa shape index (κ1) is 30.4. The summed E-state index contributed by atoms with van der Waals surface area (Å²) in [5.74, 6) is 1.44. The number of aryl methyl sites for hydroxylation is 1. The van der Waals surface area contributed by atoms with Gasteiger partial charge in [-0.3, -0.25) is 9.00 Å². The first-order valence-electron chi connectivity index (χ1n) is 14.2. The Bertz CT molecular complexity index is 1290. The number of hydrogen-bond donors (Lipinski definition) is 1. The molecule has 2 aromatic rings. The van der Waals surface area contributed by atoms with Crippen molar-refractivity contribution in [2.75, 3.05) is 30.9 Å². The van der Waals surface area contributed by atoms with Gasteiger partial charge in [0.05, 0.1) is 18.4 Å². The number of unbranched alkanes of at least 4 members (excludes halogenated alkanes) is 1. The predicted molar refractivity (Wildman–Crippen MR) is 165 cm³/mol. The Hall–Kier alpha value is -2.61. The van der Waals surface area contributed by atoms with E-state index < -0.39 is 16.5 Å². The summed E-state index contributed by atoms with van der Waals surface area (Å²) in [6.07, 6.45) is 10.2. The van der Waals surface area contributed by atoms with Crippen molar-refractivity contribution in [2.24, 2.45) is 16.2 Å². The molecular formula is C32H41ClN2O4S. The summed E-state index contributed by atoms with van der Waals surface area (Å²) in [6.45, 7) is 9.69. The zero-order chi connectivity index (χ0) is 28.5. The number of nitrogens with zero attached hydrogens (tertiary/aromatic N) is 2. The topological polar surface area (TPSA) is 68.2 Å². The molecule has 0 radical (unpaired) electrons. The molecule has 216 valence electrons. The van der Waals surface area contributed by atoms with Crippen molar-refractivity contribution in [2.45, 2.75) is 57.6 Å². The van der Waals surface area contributed by atoms with Crippen molar-refractivity contribution in [3.63, 3.8) is 0 Å². The van der Waals surface area contributed by atoms with Gasteiger partial charge in [0.1, 0.15) is 5.75 Å². The lowest BCUT2D eigenvalue weighted by Crippen LogP contribution is -2.43. The van der Waals surface area contributed by atoms with E-state index in [4.69, 9.17) is 21.1 Å². The Morgan fingerprint density at radius 3 is 2.80 bits per heavy atom. The maximum Gasteiger partial charge on any atom is 0.284 e. The number of allylic oxidation sites excluding steroid dienone is 1. The molecule has 1 aliphatic carbocycles. The number of methoxy groups -OCH3 is 1. The Balaban J connectivity index is 1.71. The quantitative estimate of drug-likeness (QED) is 0.184. The Kier molecular flexibility index (Phi) is 11.3. The van der Waals surface area contributed by atoms with Crippen LogP contribution in [0.5, 0.6) is 5.75 Å². The van der Waals surface area contributed by atoms with Gasteiger partial charge in [0.15, 0.2) is 0 Å². The molecule has 0 aromatic heterocycles. The second-order valence-electron chi connectivity index (χ2n) is 10.6. The zero-order valence-electron chi connectivity index (χ0n) is 23.4. The number of benzene rings is 2. The molecule has 0 N–H and O–H groups in total. The Morgan fingerprint density at radius 1 is 1.23 bits per heavy atom. The van der Waals surface area contributed by atoms with Gasteiger partial charge in [0, 0.05) is 47.1 Å². The number of hydrogen-bond acceptors (Lipinski definition) is 5. The fourth-order valence-electron chi connectivity index (χ4n) is 5.62. The summed E-state index contributed by atoms with van der Waals surface area (Å²) in [7, 11) is -0.226. The number of carbonyl (C=O) groups is 1. The van der Waals surface area contributed by atoms with E-state index in [1.807, 2.05) is 24.3 Å². The van der Waals surface area contributed by atoms with E-state index in [9.17, 15) is 9.00 Å². The van der Waals surface area contributed by atoms with Crippen molar-refractivity contribution < 1.29 is 18.5 Å². The highest BCUT2D eigenvalue weighted by Crippen LogP contribution is 2.41. The number of halogens is 1. The lowest BCUT2D eigenvalue weighted by molar-refractivity contribution is 0.0137. The summed E-state index contributed by atoms with van der Waals surface area (Å²) < 4.78 is 28.5. The number of rotatable bonds is 10. The van der Waals surface area contributed by atoms with Crippen molar-refractivity contribution in [3.8, 4) is 5.75 Å². The number of ether oxygens (including phenoxy) is 2. The molecule has 1 heterocycles. The average molecular weight is 585 g/mol. The number of carbonyl (C=O) groups excluding carboxylic acids is 1. The molecule has 1 saturated carbocycles. The van der Waals surface area contributed by atoms with E-state index in [2.05, 4.69) is 34.6 Å². The Morgan fingerprint density at radius 2 is 2.08 bits per heavy atom. The highest BCUT2D eigenvalue weighted by Gasteiger charge is 2.37. The normalized spacial score (nSPS) is 20.6. The van der Waals surface area contributed by atoms with Crippen molar-refractivity contribution >= 4 is 33.8 Å². The molecule has 6 nitrogen and oxygen atoms in total. The van der Waals surface area contributed by atoms with E-state index in [1.165, 1.54) is 11.1 Å². The molecule has 1 fully saturated rings. The van der Waals surface area contributed by atoms with Gasteiger partial charge in [-0.2, -0.15) is 4.36 Å². The molecule has 0 saturated heterocycles. The zero-order valence-corrected chi connectivity index (χ0v) is 25.0. The van der Waals surface area contributed by atoms with Crippen LogP contribution in [0.25, 0.3) is 0 Å². The second-order valence-corrected chi connectivity index (χ2v) is 12.4. The van der Waals surface area contributed by atoms with Gasteiger partial charge in [-0.15, -0.1) is 13.2 Å². The van der Waals surface area contributed by atoms with Crippen LogP contribution >= 0.6 is 11.6 Å². The third-order valence-electron chi connectivity index (χ3n) is 7.99. The van der Waals surface area contributed by atoms with Gasteiger partial charge in [-0.1, -0.05) is 29.8 Å². The lowest BCUT2D eigenvalue weighted by atomic mass is 9.70. The number of amides is 1. The monoisotopic (exact) mass is 584 g/mol. The first-order valence-corrected chi connectivity index (χ1v) is 16.0. The van der Waals surface area contributed by atoms with Crippen LogP contribution in [0.3, 0.4) is 0 Å². The van der Waals surface area contributed by atoms with Crippen LogP contribution in [-0.2, 0) is 28.3 Å². The molecular weight excluding hydrogens is 544 g/mol. The van der Waals surface area contributed by atoms with Crippen LogP contribution < -0.4 is 9.64 Å². The van der Waals surface area contributed by atoms with E-state index in [0.29, 0.717) is 42.7 Å². The molecule has 0 spiro atoms. The first-order chi connectivity index (χ1) is 19.4.